The summed E-state index contributed by atoms with van der Waals surface area (Å²) in [4.78, 5) is 24.3. The number of unbranched alkanes of at least 4 members (excludes halogenated alkanes) is 50. The third kappa shape index (κ3) is 67.6. The SMILES string of the molecule is C=CCCCCCCCCCCCCCCCCCCCCCC=CCC=CCCCCCCCC(=O)OC(=O)CCCCCCCC=CCC=CCCCCCCCCCCCCCCCCCCCCCC=C. The van der Waals surface area contributed by atoms with E-state index in [0.29, 0.717) is 12.8 Å². The normalized spacial score (nSPS) is 11.9. The third-order valence-corrected chi connectivity index (χ3v) is 15.5. The maximum atomic E-state index is 12.1. The van der Waals surface area contributed by atoms with Crippen LogP contribution in [0.5, 0.6) is 0 Å². The van der Waals surface area contributed by atoms with Crippen LogP contribution in [0, 0.1) is 0 Å². The second-order valence-electron chi connectivity index (χ2n) is 23.0. The maximum Gasteiger partial charge on any atom is 0.313 e. The van der Waals surface area contributed by atoms with Gasteiger partial charge in [0.05, 0.1) is 0 Å². The highest BCUT2D eigenvalue weighted by molar-refractivity contribution is 5.85. The van der Waals surface area contributed by atoms with Gasteiger partial charge in [0.25, 0.3) is 0 Å². The molecule has 0 fully saturated rings. The topological polar surface area (TPSA) is 43.4 Å². The highest BCUT2D eigenvalue weighted by Crippen LogP contribution is 2.18. The van der Waals surface area contributed by atoms with Gasteiger partial charge in [0.1, 0.15) is 0 Å². The second-order valence-corrected chi connectivity index (χ2v) is 23.0. The molecule has 0 N–H and O–H groups in total. The van der Waals surface area contributed by atoms with Gasteiger partial charge in [-0.25, -0.2) is 0 Å². The van der Waals surface area contributed by atoms with Crippen LogP contribution in [0.4, 0.5) is 0 Å². The number of carbonyl (C=O) groups is 2. The van der Waals surface area contributed by atoms with Crippen LogP contribution < -0.4 is 0 Å². The van der Waals surface area contributed by atoms with Crippen molar-refractivity contribution in [2.75, 3.05) is 0 Å². The Hall–Kier alpha value is -2.42. The first-order chi connectivity index (χ1) is 37.2. The van der Waals surface area contributed by atoms with Gasteiger partial charge in [0.15, 0.2) is 0 Å². The van der Waals surface area contributed by atoms with Crippen LogP contribution in [0.15, 0.2) is 73.9 Å². The number of ether oxygens (including phenoxy) is 1. The molecule has 0 aromatic heterocycles. The van der Waals surface area contributed by atoms with E-state index in [9.17, 15) is 9.59 Å². The summed E-state index contributed by atoms with van der Waals surface area (Å²) in [6.45, 7) is 7.62. The zero-order valence-corrected chi connectivity index (χ0v) is 50.4. The largest absolute Gasteiger partial charge is 0.393 e. The molecule has 436 valence electrons. The van der Waals surface area contributed by atoms with Crippen molar-refractivity contribution >= 4 is 11.9 Å². The van der Waals surface area contributed by atoms with E-state index in [2.05, 4.69) is 73.9 Å². The Morgan fingerprint density at radius 2 is 0.373 bits per heavy atom. The summed E-state index contributed by atoms with van der Waals surface area (Å²) in [5, 5.41) is 0. The molecule has 0 heterocycles. The van der Waals surface area contributed by atoms with Crippen molar-refractivity contribution in [1.29, 1.82) is 0 Å². The molecule has 0 aromatic carbocycles. The van der Waals surface area contributed by atoms with Crippen molar-refractivity contribution in [3.63, 3.8) is 0 Å². The third-order valence-electron chi connectivity index (χ3n) is 15.5. The van der Waals surface area contributed by atoms with Crippen molar-refractivity contribution in [3.05, 3.63) is 73.9 Å². The molecule has 0 unspecified atom stereocenters. The van der Waals surface area contributed by atoms with E-state index < -0.39 is 0 Å². The van der Waals surface area contributed by atoms with E-state index >= 15 is 0 Å². The highest BCUT2D eigenvalue weighted by Gasteiger charge is 2.10. The summed E-state index contributed by atoms with van der Waals surface area (Å²) in [5.41, 5.74) is 0. The fourth-order valence-electron chi connectivity index (χ4n) is 10.5. The number of hydrogen-bond acceptors (Lipinski definition) is 3. The average Bonchev–Trinajstić information content (AvgIpc) is 3.41. The van der Waals surface area contributed by atoms with E-state index in [0.717, 1.165) is 64.2 Å². The van der Waals surface area contributed by atoms with Gasteiger partial charge in [-0.15, -0.1) is 13.2 Å². The van der Waals surface area contributed by atoms with Gasteiger partial charge in [0.2, 0.25) is 0 Å². The average molecular weight is 1040 g/mol. The zero-order valence-electron chi connectivity index (χ0n) is 50.4. The van der Waals surface area contributed by atoms with Crippen molar-refractivity contribution in [2.45, 2.75) is 372 Å². The lowest BCUT2D eigenvalue weighted by Gasteiger charge is -2.04. The summed E-state index contributed by atoms with van der Waals surface area (Å²) in [6.07, 6.45) is 97.6. The second kappa shape index (κ2) is 67.7. The molecule has 0 spiro atoms. The molecule has 0 aliphatic carbocycles. The summed E-state index contributed by atoms with van der Waals surface area (Å²) < 4.78 is 5.08. The monoisotopic (exact) mass is 1040 g/mol. The Bertz CT molecular complexity index is 1170. The molecule has 0 atom stereocenters. The summed E-state index contributed by atoms with van der Waals surface area (Å²) >= 11 is 0. The summed E-state index contributed by atoms with van der Waals surface area (Å²) in [6, 6.07) is 0. The van der Waals surface area contributed by atoms with E-state index in [1.165, 1.54) is 295 Å². The number of carbonyl (C=O) groups excluding carboxylic acids is 2. The summed E-state index contributed by atoms with van der Waals surface area (Å²) in [5.74, 6) is -0.691. The van der Waals surface area contributed by atoms with E-state index in [1.54, 1.807) is 0 Å². The smallest absolute Gasteiger partial charge is 0.313 e. The highest BCUT2D eigenvalue weighted by atomic mass is 16.6. The van der Waals surface area contributed by atoms with Crippen LogP contribution in [0.3, 0.4) is 0 Å². The van der Waals surface area contributed by atoms with E-state index in [-0.39, 0.29) is 11.9 Å². The molecule has 3 heteroatoms. The molecule has 0 saturated heterocycles. The Balaban J connectivity index is 3.34. The van der Waals surface area contributed by atoms with Gasteiger partial charge in [-0.2, -0.15) is 0 Å². The standard InChI is InChI=1S/C72H130O3/c1-3-5-7-9-11-13-15-17-19-21-23-25-27-29-31-33-35-37-39-41-43-45-47-49-51-53-55-57-59-61-63-65-67-69-71(73)75-72(74)70-68-66-64-62-60-58-56-54-52-50-48-46-44-42-40-38-36-34-32-30-28-26-24-22-20-18-16-14-12-10-8-6-4-2/h3-4,47-50,53-56H,1-2,5-46,51-52,57-70H2. The van der Waals surface area contributed by atoms with Gasteiger partial charge in [0, 0.05) is 12.8 Å². The van der Waals surface area contributed by atoms with Gasteiger partial charge in [-0.05, 0) is 103 Å². The molecule has 0 bridgehead atoms. The minimum Gasteiger partial charge on any atom is -0.393 e. The Labute approximate surface area is 470 Å². The Morgan fingerprint density at radius 1 is 0.213 bits per heavy atom. The predicted molar refractivity (Wildman–Crippen MR) is 336 cm³/mol. The van der Waals surface area contributed by atoms with Crippen LogP contribution in [-0.4, -0.2) is 11.9 Å². The molecule has 0 radical (unpaired) electrons. The molecule has 0 aliphatic heterocycles. The van der Waals surface area contributed by atoms with Gasteiger partial charge in [-0.3, -0.25) is 9.59 Å². The molecular weight excluding hydrogens is 913 g/mol. The first kappa shape index (κ1) is 72.6. The first-order valence-electron chi connectivity index (χ1n) is 33.8. The van der Waals surface area contributed by atoms with E-state index in [4.69, 9.17) is 4.74 Å². The van der Waals surface area contributed by atoms with Crippen molar-refractivity contribution in [1.82, 2.24) is 0 Å². The Kier molecular flexibility index (Phi) is 65.5. The molecular formula is C72H130O3. The van der Waals surface area contributed by atoms with Crippen molar-refractivity contribution in [3.8, 4) is 0 Å². The first-order valence-corrected chi connectivity index (χ1v) is 33.8. The maximum absolute atomic E-state index is 12.1. The van der Waals surface area contributed by atoms with Crippen LogP contribution >= 0.6 is 0 Å². The van der Waals surface area contributed by atoms with Crippen LogP contribution in [-0.2, 0) is 14.3 Å². The van der Waals surface area contributed by atoms with Crippen molar-refractivity contribution < 1.29 is 14.3 Å². The number of allylic oxidation sites excluding steroid dienone is 10. The predicted octanol–water partition coefficient (Wildman–Crippen LogP) is 25.3. The van der Waals surface area contributed by atoms with Crippen LogP contribution in [0.25, 0.3) is 0 Å². The minimum absolute atomic E-state index is 0.345. The molecule has 0 aromatic rings. The fourth-order valence-corrected chi connectivity index (χ4v) is 10.5. The van der Waals surface area contributed by atoms with Gasteiger partial charge in [-0.1, -0.05) is 318 Å². The van der Waals surface area contributed by atoms with Crippen molar-refractivity contribution in [2.24, 2.45) is 0 Å². The Morgan fingerprint density at radius 3 is 0.560 bits per heavy atom. The lowest BCUT2D eigenvalue weighted by Crippen LogP contribution is -2.11. The zero-order chi connectivity index (χ0) is 53.9. The lowest BCUT2D eigenvalue weighted by atomic mass is 10.0. The van der Waals surface area contributed by atoms with Gasteiger partial charge < -0.3 is 4.74 Å². The quantitative estimate of drug-likeness (QED) is 0.0264. The lowest BCUT2D eigenvalue weighted by molar-refractivity contribution is -0.159. The van der Waals surface area contributed by atoms with E-state index in [1.807, 2.05) is 0 Å². The molecule has 0 aliphatic rings. The van der Waals surface area contributed by atoms with Crippen LogP contribution in [0.1, 0.15) is 372 Å². The molecule has 0 rings (SSSR count). The summed E-state index contributed by atoms with van der Waals surface area (Å²) in [7, 11) is 0. The minimum atomic E-state index is -0.345. The fraction of sp³-hybridized carbons (Fsp3) is 0.806. The number of esters is 2. The molecule has 75 heavy (non-hydrogen) atoms. The number of hydrogen-bond donors (Lipinski definition) is 0. The van der Waals surface area contributed by atoms with Gasteiger partial charge >= 0.3 is 11.9 Å². The molecule has 0 saturated carbocycles. The molecule has 0 amide bonds. The number of rotatable bonds is 64. The van der Waals surface area contributed by atoms with Crippen LogP contribution in [0.2, 0.25) is 0 Å². The molecule has 3 nitrogen and oxygen atoms in total.